The average molecular weight is 1000 g/mol. The van der Waals surface area contributed by atoms with Crippen LogP contribution in [0.5, 0.6) is 11.5 Å². The molecule has 1 N–H and O–H groups in total. The number of para-hydroxylation sites is 3. The number of anilines is 4. The smallest absolute Gasteiger partial charge is 0.135 e. The van der Waals surface area contributed by atoms with E-state index in [9.17, 15) is 0 Å². The Morgan fingerprint density at radius 2 is 1.25 bits per heavy atom. The number of ether oxygens (including phenoxy) is 1. The van der Waals surface area contributed by atoms with Gasteiger partial charge in [-0.1, -0.05) is 140 Å². The van der Waals surface area contributed by atoms with Crippen molar-refractivity contribution < 1.29 is 25.8 Å². The van der Waals surface area contributed by atoms with Gasteiger partial charge >= 0.3 is 0 Å². The minimum Gasteiger partial charge on any atom is -0.509 e. The molecule has 0 spiro atoms. The first-order valence-corrected chi connectivity index (χ1v) is 21.2. The number of hydrogen-bond donors (Lipinski definition) is 1. The maximum Gasteiger partial charge on any atom is 0.135 e. The third kappa shape index (κ3) is 7.57. The fourth-order valence-corrected chi connectivity index (χ4v) is 8.87. The second kappa shape index (κ2) is 16.3. The summed E-state index contributed by atoms with van der Waals surface area (Å²) in [7, 11) is 4.69. The molecule has 0 unspecified atom stereocenters. The van der Waals surface area contributed by atoms with Crippen LogP contribution in [0.4, 0.5) is 22.7 Å². The summed E-state index contributed by atoms with van der Waals surface area (Å²) in [5.41, 5.74) is 13.2. The van der Waals surface area contributed by atoms with Crippen molar-refractivity contribution in [1.29, 1.82) is 0 Å². The zero-order valence-electron chi connectivity index (χ0n) is 36.3. The predicted molar refractivity (Wildman–Crippen MR) is 258 cm³/mol. The van der Waals surface area contributed by atoms with Gasteiger partial charge in [-0.15, -0.1) is 30.3 Å². The largest absolute Gasteiger partial charge is 0.509 e. The van der Waals surface area contributed by atoms with Crippen LogP contribution in [-0.4, -0.2) is 14.1 Å². The maximum atomic E-state index is 6.76. The number of nitrogens with one attached hydrogen (secondary N) is 1. The van der Waals surface area contributed by atoms with Gasteiger partial charge in [-0.3, -0.25) is 7.05 Å². The van der Waals surface area contributed by atoms with Gasteiger partial charge < -0.3 is 24.1 Å². The molecule has 0 aliphatic heterocycles. The van der Waals surface area contributed by atoms with Crippen LogP contribution in [0.25, 0.3) is 60.9 Å². The summed E-state index contributed by atoms with van der Waals surface area (Å²) in [6.45, 7) is 13.4. The SMILES string of the molecule is [CH2-]N(c1ccccc1Nc1[c-]c(Oc2[c-]c3c4c5c(cccc5n(C(C)(C)C)c4c2)n3-c2cc(C(C)(C)C)ccn2)ccc1)c1c(-c2ccccc2)cccc1-c1ccccc1.[Pt]. The molecule has 10 aromatic rings. The molecule has 10 rings (SSSR count). The number of benzene rings is 7. The van der Waals surface area contributed by atoms with E-state index in [4.69, 9.17) is 16.8 Å². The van der Waals surface area contributed by atoms with E-state index in [1.54, 1.807) is 0 Å². The molecule has 316 valence electrons. The number of pyridine rings is 1. The van der Waals surface area contributed by atoms with Crippen molar-refractivity contribution in [2.45, 2.75) is 52.5 Å². The molecule has 0 bridgehead atoms. The summed E-state index contributed by atoms with van der Waals surface area (Å²) in [4.78, 5) is 6.96. The summed E-state index contributed by atoms with van der Waals surface area (Å²) in [5.74, 6) is 2.02. The van der Waals surface area contributed by atoms with Gasteiger partial charge in [-0.05, 0) is 84.7 Å². The van der Waals surface area contributed by atoms with Gasteiger partial charge in [0.1, 0.15) is 5.82 Å². The summed E-state index contributed by atoms with van der Waals surface area (Å²) in [6.07, 6.45) is 1.91. The fourth-order valence-electron chi connectivity index (χ4n) is 8.87. The quantitative estimate of drug-likeness (QED) is 0.146. The van der Waals surface area contributed by atoms with Crippen molar-refractivity contribution in [3.63, 3.8) is 0 Å². The molecule has 0 fully saturated rings. The fraction of sp³-hybridized carbons (Fsp3) is 0.143. The van der Waals surface area contributed by atoms with Crippen molar-refractivity contribution in [1.82, 2.24) is 14.1 Å². The minimum atomic E-state index is -0.198. The van der Waals surface area contributed by atoms with E-state index in [2.05, 4.69) is 183 Å². The zero-order valence-corrected chi connectivity index (χ0v) is 38.6. The molecule has 6 nitrogen and oxygen atoms in total. The van der Waals surface area contributed by atoms with Crippen LogP contribution in [-0.2, 0) is 32.0 Å². The van der Waals surface area contributed by atoms with Crippen molar-refractivity contribution in [2.24, 2.45) is 0 Å². The van der Waals surface area contributed by atoms with Crippen LogP contribution in [0.15, 0.2) is 164 Å². The number of nitrogens with zero attached hydrogens (tertiary/aromatic N) is 4. The van der Waals surface area contributed by atoms with Crippen LogP contribution in [0.1, 0.15) is 47.1 Å². The number of aromatic nitrogens is 3. The Bertz CT molecular complexity index is 3170. The normalized spacial score (nSPS) is 11.9. The van der Waals surface area contributed by atoms with E-state index >= 15 is 0 Å². The molecule has 0 radical (unpaired) electrons. The summed E-state index contributed by atoms with van der Waals surface area (Å²) in [5, 5.41) is 6.02. The minimum absolute atomic E-state index is 0. The Kier molecular flexibility index (Phi) is 10.8. The van der Waals surface area contributed by atoms with Crippen molar-refractivity contribution in [3.8, 4) is 39.6 Å². The van der Waals surface area contributed by atoms with Gasteiger partial charge in [0.2, 0.25) is 0 Å². The van der Waals surface area contributed by atoms with Crippen molar-refractivity contribution in [3.05, 3.63) is 189 Å². The predicted octanol–water partition coefficient (Wildman–Crippen LogP) is 15.0. The average Bonchev–Trinajstić information content (AvgIpc) is 3.80. The first-order chi connectivity index (χ1) is 29.9. The molecular weight excluding hydrogens is 954 g/mol. The van der Waals surface area contributed by atoms with Gasteiger partial charge in [0, 0.05) is 77.8 Å². The Labute approximate surface area is 384 Å². The van der Waals surface area contributed by atoms with E-state index in [0.717, 1.165) is 72.8 Å². The first-order valence-electron chi connectivity index (χ1n) is 21.2. The van der Waals surface area contributed by atoms with Gasteiger partial charge in [-0.2, -0.15) is 6.07 Å². The molecule has 0 aliphatic carbocycles. The third-order valence-electron chi connectivity index (χ3n) is 11.7. The Morgan fingerprint density at radius 1 is 0.619 bits per heavy atom. The van der Waals surface area contributed by atoms with Crippen molar-refractivity contribution >= 4 is 55.6 Å². The first kappa shape index (κ1) is 41.7. The molecule has 7 heteroatoms. The summed E-state index contributed by atoms with van der Waals surface area (Å²) >= 11 is 0. The van der Waals surface area contributed by atoms with Crippen LogP contribution >= 0.6 is 0 Å². The molecule has 3 heterocycles. The molecule has 0 saturated carbocycles. The Morgan fingerprint density at radius 3 is 1.94 bits per heavy atom. The van der Waals surface area contributed by atoms with E-state index < -0.39 is 0 Å². The molecule has 63 heavy (non-hydrogen) atoms. The van der Waals surface area contributed by atoms with E-state index in [1.807, 2.05) is 53.6 Å². The summed E-state index contributed by atoms with van der Waals surface area (Å²) < 4.78 is 11.4. The van der Waals surface area contributed by atoms with E-state index in [-0.39, 0.29) is 32.0 Å². The van der Waals surface area contributed by atoms with Crippen LogP contribution in [0.3, 0.4) is 0 Å². The number of hydrogen-bond acceptors (Lipinski definition) is 4. The van der Waals surface area contributed by atoms with Crippen molar-refractivity contribution in [2.75, 3.05) is 10.2 Å². The van der Waals surface area contributed by atoms with Gasteiger partial charge in [0.05, 0.1) is 5.69 Å². The second-order valence-corrected chi connectivity index (χ2v) is 17.9. The zero-order chi connectivity index (χ0) is 42.8. The summed E-state index contributed by atoms with van der Waals surface area (Å²) in [6, 6.07) is 61.8. The molecule has 0 saturated heterocycles. The van der Waals surface area contributed by atoms with Crippen LogP contribution < -0.4 is 15.0 Å². The van der Waals surface area contributed by atoms with E-state index in [1.165, 1.54) is 16.5 Å². The van der Waals surface area contributed by atoms with Crippen LogP contribution in [0.2, 0.25) is 0 Å². The molecule has 0 atom stereocenters. The molecule has 0 amide bonds. The molecule has 0 aliphatic rings. The van der Waals surface area contributed by atoms with Gasteiger partial charge in [0.25, 0.3) is 0 Å². The van der Waals surface area contributed by atoms with E-state index in [0.29, 0.717) is 11.5 Å². The molecular formula is C56H48N5OPt-3. The third-order valence-corrected chi connectivity index (χ3v) is 11.7. The monoisotopic (exact) mass is 1000 g/mol. The maximum absolute atomic E-state index is 6.76. The topological polar surface area (TPSA) is 47.2 Å². The molecule has 7 aromatic carbocycles. The second-order valence-electron chi connectivity index (χ2n) is 17.9. The Balaban J connectivity index is 0.00000504. The Hall–Kier alpha value is -6.62. The standard InChI is InChI=1S/C56H48N5O.Pt/c1-55(2,3)39-31-32-57-51(33-39)60-47-29-18-30-48-52(47)53-49(60)35-42(36-50(53)61(48)56(4,5)6)62-41-24-16-23-40(34-41)58-45-27-14-15-28-46(45)59(7)54-43(37-19-10-8-11-20-37)25-17-26-44(54)38-21-12-9-13-22-38;/h8-33,36,58H,7H2,1-6H3;/q-3;. The van der Waals surface area contributed by atoms with Crippen LogP contribution in [0, 0.1) is 19.2 Å². The number of rotatable bonds is 9. The van der Waals surface area contributed by atoms with Gasteiger partial charge in [-0.25, -0.2) is 4.98 Å². The van der Waals surface area contributed by atoms with Gasteiger partial charge in [0.15, 0.2) is 0 Å². The molecule has 3 aromatic heterocycles.